The van der Waals surface area contributed by atoms with E-state index < -0.39 is 10.0 Å². The van der Waals surface area contributed by atoms with E-state index >= 15 is 0 Å². The minimum absolute atomic E-state index is 0.253. The molecule has 25 heavy (non-hydrogen) atoms. The third-order valence-corrected chi connectivity index (χ3v) is 6.62. The van der Waals surface area contributed by atoms with Gasteiger partial charge in [0, 0.05) is 23.5 Å². The average Bonchev–Trinajstić information content (AvgIpc) is 3.32. The largest absolute Gasteiger partial charge is 0.497 e. The highest BCUT2D eigenvalue weighted by Gasteiger charge is 2.25. The summed E-state index contributed by atoms with van der Waals surface area (Å²) in [6, 6.07) is 12.2. The van der Waals surface area contributed by atoms with Gasteiger partial charge in [0.2, 0.25) is 10.0 Å². The molecule has 0 bridgehead atoms. The van der Waals surface area contributed by atoms with Gasteiger partial charge in [0.05, 0.1) is 24.5 Å². The lowest BCUT2D eigenvalue weighted by atomic mass is 10.3. The van der Waals surface area contributed by atoms with Gasteiger partial charge in [0.15, 0.2) is 0 Å². The Balaban J connectivity index is 1.84. The van der Waals surface area contributed by atoms with E-state index in [1.165, 1.54) is 4.31 Å². The summed E-state index contributed by atoms with van der Waals surface area (Å²) in [6.45, 7) is 0.677. The van der Waals surface area contributed by atoms with E-state index in [2.05, 4.69) is 0 Å². The summed E-state index contributed by atoms with van der Waals surface area (Å²) in [5.74, 6) is 0.624. The van der Waals surface area contributed by atoms with Gasteiger partial charge in [0.1, 0.15) is 5.75 Å². The Morgan fingerprint density at radius 3 is 2.56 bits per heavy atom. The summed E-state index contributed by atoms with van der Waals surface area (Å²) in [4.78, 5) is 1.41. The van der Waals surface area contributed by atoms with Crippen molar-refractivity contribution in [2.75, 3.05) is 13.7 Å². The van der Waals surface area contributed by atoms with Crippen LogP contribution in [-0.2, 0) is 23.0 Å². The Morgan fingerprint density at radius 1 is 1.16 bits per heavy atom. The molecule has 0 saturated heterocycles. The van der Waals surface area contributed by atoms with Gasteiger partial charge >= 0.3 is 0 Å². The van der Waals surface area contributed by atoms with Gasteiger partial charge in [-0.05, 0) is 48.2 Å². The van der Waals surface area contributed by atoms with Crippen LogP contribution in [0.4, 0.5) is 0 Å². The fraction of sp³-hybridized carbons (Fsp3) is 0.222. The minimum atomic E-state index is -3.61. The van der Waals surface area contributed by atoms with Crippen molar-refractivity contribution in [1.29, 1.82) is 0 Å². The number of hydrogen-bond donors (Lipinski definition) is 0. The molecule has 0 aliphatic heterocycles. The van der Waals surface area contributed by atoms with E-state index in [-0.39, 0.29) is 11.4 Å². The van der Waals surface area contributed by atoms with Crippen LogP contribution in [-0.4, -0.2) is 26.4 Å². The predicted molar refractivity (Wildman–Crippen MR) is 97.3 cm³/mol. The van der Waals surface area contributed by atoms with Crippen molar-refractivity contribution < 1.29 is 17.6 Å². The van der Waals surface area contributed by atoms with Crippen molar-refractivity contribution in [3.8, 4) is 5.75 Å². The number of thiophene rings is 1. The maximum absolute atomic E-state index is 13.1. The number of nitrogens with zero attached hydrogens (tertiary/aromatic N) is 1. The highest BCUT2D eigenvalue weighted by Crippen LogP contribution is 2.22. The molecule has 0 aliphatic carbocycles. The van der Waals surface area contributed by atoms with Crippen molar-refractivity contribution in [3.63, 3.8) is 0 Å². The molecule has 5 nitrogen and oxygen atoms in total. The topological polar surface area (TPSA) is 59.8 Å². The highest BCUT2D eigenvalue weighted by atomic mass is 32.2. The molecule has 0 amide bonds. The SMILES string of the molecule is COc1ccc(S(=O)(=O)N(CCc2cccs2)Cc2ccoc2)cc1. The summed E-state index contributed by atoms with van der Waals surface area (Å²) in [7, 11) is -2.06. The number of benzene rings is 1. The van der Waals surface area contributed by atoms with E-state index in [0.29, 0.717) is 18.7 Å². The summed E-state index contributed by atoms with van der Waals surface area (Å²) < 4.78 is 37.8. The predicted octanol–water partition coefficient (Wildman–Crippen LogP) is 3.78. The molecule has 0 aliphatic rings. The van der Waals surface area contributed by atoms with Crippen LogP contribution in [0.25, 0.3) is 0 Å². The second-order valence-corrected chi connectivity index (χ2v) is 8.45. The zero-order chi connectivity index (χ0) is 17.7. The van der Waals surface area contributed by atoms with Crippen molar-refractivity contribution in [2.45, 2.75) is 17.9 Å². The van der Waals surface area contributed by atoms with Crippen LogP contribution >= 0.6 is 11.3 Å². The van der Waals surface area contributed by atoms with E-state index in [1.54, 1.807) is 61.3 Å². The van der Waals surface area contributed by atoms with E-state index in [1.807, 2.05) is 17.5 Å². The Kier molecular flexibility index (Phi) is 5.57. The number of hydrogen-bond acceptors (Lipinski definition) is 5. The quantitative estimate of drug-likeness (QED) is 0.599. The molecule has 0 unspecified atom stereocenters. The molecule has 0 N–H and O–H groups in total. The molecule has 1 aromatic carbocycles. The highest BCUT2D eigenvalue weighted by molar-refractivity contribution is 7.89. The lowest BCUT2D eigenvalue weighted by Gasteiger charge is -2.21. The zero-order valence-electron chi connectivity index (χ0n) is 13.8. The maximum Gasteiger partial charge on any atom is 0.243 e. The number of furan rings is 1. The second-order valence-electron chi connectivity index (χ2n) is 5.48. The van der Waals surface area contributed by atoms with E-state index in [9.17, 15) is 8.42 Å². The molecule has 0 atom stereocenters. The first-order valence-electron chi connectivity index (χ1n) is 7.77. The standard InChI is InChI=1S/C18H19NO4S2/c1-22-16-4-6-18(7-5-16)25(20,21)19(13-15-9-11-23-14-15)10-8-17-3-2-12-24-17/h2-7,9,11-12,14H,8,10,13H2,1H3. The average molecular weight is 377 g/mol. The molecule has 3 aromatic rings. The fourth-order valence-electron chi connectivity index (χ4n) is 2.46. The van der Waals surface area contributed by atoms with Crippen LogP contribution < -0.4 is 4.74 Å². The Morgan fingerprint density at radius 2 is 1.96 bits per heavy atom. The monoisotopic (exact) mass is 377 g/mol. The summed E-state index contributed by atoms with van der Waals surface area (Å²) in [6.07, 6.45) is 3.79. The first-order valence-corrected chi connectivity index (χ1v) is 10.1. The molecule has 0 saturated carbocycles. The zero-order valence-corrected chi connectivity index (χ0v) is 15.4. The number of ether oxygens (including phenoxy) is 1. The van der Waals surface area contributed by atoms with Crippen molar-refractivity contribution >= 4 is 21.4 Å². The number of rotatable bonds is 8. The van der Waals surface area contributed by atoms with E-state index in [4.69, 9.17) is 9.15 Å². The Hall–Kier alpha value is -2.09. The lowest BCUT2D eigenvalue weighted by molar-refractivity contribution is 0.406. The summed E-state index contributed by atoms with van der Waals surface area (Å²) in [5.41, 5.74) is 0.822. The Bertz CT molecular complexity index is 870. The molecule has 7 heteroatoms. The van der Waals surface area contributed by atoms with Crippen molar-refractivity contribution in [2.24, 2.45) is 0 Å². The molecule has 2 heterocycles. The first-order chi connectivity index (χ1) is 12.1. The van der Waals surface area contributed by atoms with Gasteiger partial charge in [-0.15, -0.1) is 11.3 Å². The third kappa shape index (κ3) is 4.31. The molecule has 132 valence electrons. The molecule has 3 rings (SSSR count). The van der Waals surface area contributed by atoms with E-state index in [0.717, 1.165) is 10.4 Å². The van der Waals surface area contributed by atoms with Crippen LogP contribution in [0, 0.1) is 0 Å². The van der Waals surface area contributed by atoms with Crippen LogP contribution in [0.2, 0.25) is 0 Å². The molecule has 2 aromatic heterocycles. The van der Waals surface area contributed by atoms with Crippen LogP contribution in [0.15, 0.2) is 69.7 Å². The van der Waals surface area contributed by atoms with Gasteiger partial charge < -0.3 is 9.15 Å². The first kappa shape index (κ1) is 17.7. The van der Waals surface area contributed by atoms with Crippen molar-refractivity contribution in [3.05, 3.63) is 70.8 Å². The van der Waals surface area contributed by atoms with Crippen LogP contribution in [0.1, 0.15) is 10.4 Å². The summed E-state index contributed by atoms with van der Waals surface area (Å²) >= 11 is 1.63. The van der Waals surface area contributed by atoms with Gasteiger partial charge in [-0.25, -0.2) is 8.42 Å². The molecule has 0 fully saturated rings. The molecule has 0 radical (unpaired) electrons. The Labute approximate surface area is 151 Å². The number of methoxy groups -OCH3 is 1. The van der Waals surface area contributed by atoms with Gasteiger partial charge in [-0.2, -0.15) is 4.31 Å². The van der Waals surface area contributed by atoms with Gasteiger partial charge in [0.25, 0.3) is 0 Å². The van der Waals surface area contributed by atoms with Crippen molar-refractivity contribution in [1.82, 2.24) is 4.31 Å². The number of sulfonamides is 1. The lowest BCUT2D eigenvalue weighted by Crippen LogP contribution is -2.32. The van der Waals surface area contributed by atoms with Crippen LogP contribution in [0.3, 0.4) is 0 Å². The minimum Gasteiger partial charge on any atom is -0.497 e. The smallest absolute Gasteiger partial charge is 0.243 e. The molecular weight excluding hydrogens is 358 g/mol. The second kappa shape index (κ2) is 7.86. The molecule has 0 spiro atoms. The maximum atomic E-state index is 13.1. The summed E-state index contributed by atoms with van der Waals surface area (Å²) in [5, 5.41) is 1.99. The normalized spacial score (nSPS) is 11.8. The molecular formula is C18H19NO4S2. The third-order valence-electron chi connectivity index (χ3n) is 3.82. The van der Waals surface area contributed by atoms with Gasteiger partial charge in [-0.3, -0.25) is 0 Å². The van der Waals surface area contributed by atoms with Gasteiger partial charge in [-0.1, -0.05) is 6.07 Å². The fourth-order valence-corrected chi connectivity index (χ4v) is 4.58. The van der Waals surface area contributed by atoms with Crippen LogP contribution in [0.5, 0.6) is 5.75 Å².